The summed E-state index contributed by atoms with van der Waals surface area (Å²) in [5.74, 6) is -3.18. The number of phenols is 1. The predicted octanol–water partition coefficient (Wildman–Crippen LogP) is 5.38. The van der Waals surface area contributed by atoms with E-state index in [1.807, 2.05) is 45.7 Å². The number of aliphatic hydroxyl groups excluding tert-OH is 1. The highest BCUT2D eigenvalue weighted by atomic mass is 32.1. The third kappa shape index (κ3) is 11.1. The molecule has 1 fully saturated rings. The van der Waals surface area contributed by atoms with E-state index < -0.39 is 29.6 Å². The number of carbonyl (C=O) groups is 3. The number of rotatable bonds is 16. The van der Waals surface area contributed by atoms with Gasteiger partial charge in [-0.15, -0.1) is 22.7 Å². The summed E-state index contributed by atoms with van der Waals surface area (Å²) in [5, 5.41) is 55.8. The zero-order valence-electron chi connectivity index (χ0n) is 33.1. The monoisotopic (exact) mass is 890 g/mol. The molecule has 7 rings (SSSR count). The predicted molar refractivity (Wildman–Crippen MR) is 234 cm³/mol. The van der Waals surface area contributed by atoms with Crippen molar-refractivity contribution in [2.24, 2.45) is 0 Å². The van der Waals surface area contributed by atoms with Gasteiger partial charge in [-0.1, -0.05) is 35.6 Å². The van der Waals surface area contributed by atoms with Gasteiger partial charge in [-0.05, 0) is 104 Å². The number of fused-ring (bicyclic) bond motifs is 2. The Hall–Kier alpha value is -5.47. The molecule has 0 bridgehead atoms. The normalized spacial score (nSPS) is 16.1. The minimum Gasteiger partial charge on any atom is -0.506 e. The number of hydrogen-bond donors (Lipinski definition) is 7. The van der Waals surface area contributed by atoms with E-state index in [2.05, 4.69) is 22.2 Å². The Balaban J connectivity index is 0.000000708. The van der Waals surface area contributed by atoms with Gasteiger partial charge in [0.05, 0.1) is 31.6 Å². The number of hydrogen-bond acceptors (Lipinski definition) is 14. The topological polar surface area (TPSA) is 232 Å². The zero-order chi connectivity index (χ0) is 43.7. The Kier molecular flexibility index (Phi) is 15.1. The molecule has 0 saturated heterocycles. The van der Waals surface area contributed by atoms with Crippen LogP contribution < -0.4 is 15.7 Å². The highest BCUT2D eigenvalue weighted by Crippen LogP contribution is 2.38. The molecule has 0 spiro atoms. The fourth-order valence-corrected chi connectivity index (χ4v) is 10.1. The summed E-state index contributed by atoms with van der Waals surface area (Å²) >= 11 is 3.91. The number of aliphatic hydroxyl groups is 2. The third-order valence-electron chi connectivity index (χ3n) is 10.5. The number of nitrogens with zero attached hydrogens (tertiary/aromatic N) is 2. The van der Waals surface area contributed by atoms with Crippen molar-refractivity contribution < 1.29 is 44.7 Å². The second-order valence-electron chi connectivity index (χ2n) is 14.6. The fraction of sp³-hybridized carbons (Fsp3) is 0.326. The smallest absolute Gasteiger partial charge is 0.349 e. The van der Waals surface area contributed by atoms with Gasteiger partial charge in [0, 0.05) is 49.3 Å². The number of aromatic hydroxyl groups is 1. The molecular formula is C43H46N4O11S3. The van der Waals surface area contributed by atoms with Crippen molar-refractivity contribution >= 4 is 73.0 Å². The van der Waals surface area contributed by atoms with Gasteiger partial charge in [-0.2, -0.15) is 0 Å². The number of aromatic amines is 1. The van der Waals surface area contributed by atoms with Crippen LogP contribution in [0.2, 0.25) is 0 Å². The fourth-order valence-electron chi connectivity index (χ4n) is 7.38. The van der Waals surface area contributed by atoms with E-state index in [-0.39, 0.29) is 28.8 Å². The molecule has 0 amide bonds. The highest BCUT2D eigenvalue weighted by Gasteiger charge is 2.45. The maximum absolute atomic E-state index is 13.4. The lowest BCUT2D eigenvalue weighted by molar-refractivity contribution is -0.169. The van der Waals surface area contributed by atoms with Crippen LogP contribution in [0.3, 0.4) is 0 Å². The largest absolute Gasteiger partial charge is 0.506 e. The number of benzene rings is 2. The van der Waals surface area contributed by atoms with E-state index in [1.165, 1.54) is 46.1 Å². The lowest BCUT2D eigenvalue weighted by atomic mass is 9.91. The van der Waals surface area contributed by atoms with Gasteiger partial charge in [-0.25, -0.2) is 14.4 Å². The standard InChI is InChI=1S/C39H42N4O7S3.C4H4O4/c1-42(25-8-10-26(11-9-25)50-37(47)39(49,33-5-2-19-51-33)34-6-3-20-52-34)17-4-18-43-29-14-7-24(21-32(29)53-38(43)48)22-40-23-31(45)27-12-15-30(44)36-28(27)13-16-35(46)41-36;5-3(6)1-2-4(7)8/h2-3,5-7,12-16,19-21,25-26,31,40,44-45,49H,4,8-11,17-18,22-23H2,1H3,(H,41,46);1-2H,(H,5,6)(H,7,8)/t25-,26-,31-;/m0./s1. The summed E-state index contributed by atoms with van der Waals surface area (Å²) in [5.41, 5.74) is 0.663. The molecule has 1 atom stereocenters. The molecular weight excluding hydrogens is 845 g/mol. The summed E-state index contributed by atoms with van der Waals surface area (Å²) in [6.07, 6.45) is 4.04. The van der Waals surface area contributed by atoms with Crippen molar-refractivity contribution in [2.75, 3.05) is 20.1 Å². The number of esters is 1. The number of pyridine rings is 1. The number of carbonyl (C=O) groups excluding carboxylic acids is 1. The first-order valence-electron chi connectivity index (χ1n) is 19.5. The molecule has 1 aliphatic carbocycles. The quantitative estimate of drug-likeness (QED) is 0.0479. The average Bonchev–Trinajstić information content (AvgIpc) is 4.04. The number of ether oxygens (including phenoxy) is 1. The first kappa shape index (κ1) is 45.1. The van der Waals surface area contributed by atoms with Crippen molar-refractivity contribution in [3.05, 3.63) is 131 Å². The van der Waals surface area contributed by atoms with Crippen LogP contribution in [-0.2, 0) is 37.8 Å². The molecule has 1 aliphatic rings. The van der Waals surface area contributed by atoms with Gasteiger partial charge >= 0.3 is 22.8 Å². The number of thiophene rings is 2. The molecule has 0 unspecified atom stereocenters. The van der Waals surface area contributed by atoms with Crippen LogP contribution in [0.1, 0.15) is 59.1 Å². The van der Waals surface area contributed by atoms with Gasteiger partial charge in [0.15, 0.2) is 0 Å². The number of aromatic nitrogens is 2. The van der Waals surface area contributed by atoms with Crippen LogP contribution in [0.5, 0.6) is 5.75 Å². The van der Waals surface area contributed by atoms with Crippen molar-refractivity contribution in [3.63, 3.8) is 0 Å². The van der Waals surface area contributed by atoms with Crippen LogP contribution in [0.4, 0.5) is 0 Å². The molecule has 18 heteroatoms. The SMILES string of the molecule is CN(CCCn1c(=O)sc2cc(CNC[C@H](O)c3ccc(O)c4[nH]c(=O)ccc34)ccc21)[C@H]1CC[C@H](OC(=O)C(O)(c2cccs2)c2cccs2)CC1.O=C(O)C=CC(=O)O. The Morgan fingerprint density at radius 2 is 1.64 bits per heavy atom. The molecule has 0 aliphatic heterocycles. The molecule has 61 heavy (non-hydrogen) atoms. The third-order valence-corrected chi connectivity index (χ3v) is 13.4. The first-order chi connectivity index (χ1) is 29.2. The number of aryl methyl sites for hydroxylation is 1. The Bertz CT molecular complexity index is 2540. The summed E-state index contributed by atoms with van der Waals surface area (Å²) in [6, 6.07) is 19.6. The first-order valence-corrected chi connectivity index (χ1v) is 22.0. The number of aliphatic carboxylic acids is 2. The molecule has 1 saturated carbocycles. The van der Waals surface area contributed by atoms with E-state index in [4.69, 9.17) is 14.9 Å². The summed E-state index contributed by atoms with van der Waals surface area (Å²) in [6.45, 7) is 2.17. The van der Waals surface area contributed by atoms with E-state index in [0.29, 0.717) is 57.5 Å². The van der Waals surface area contributed by atoms with Crippen LogP contribution in [0.15, 0.2) is 99.2 Å². The molecule has 15 nitrogen and oxygen atoms in total. The number of carboxylic acid groups (broad SMARTS) is 2. The molecule has 0 radical (unpaired) electrons. The van der Waals surface area contributed by atoms with Crippen molar-refractivity contribution in [3.8, 4) is 5.75 Å². The molecule has 322 valence electrons. The van der Waals surface area contributed by atoms with Crippen LogP contribution in [0, 0.1) is 0 Å². The van der Waals surface area contributed by atoms with Crippen molar-refractivity contribution in [1.29, 1.82) is 0 Å². The maximum Gasteiger partial charge on any atom is 0.349 e. The minimum atomic E-state index is -1.79. The number of nitrogens with one attached hydrogen (secondary N) is 2. The summed E-state index contributed by atoms with van der Waals surface area (Å²) in [4.78, 5) is 63.3. The van der Waals surface area contributed by atoms with Gasteiger partial charge < -0.3 is 45.5 Å². The van der Waals surface area contributed by atoms with E-state index in [1.54, 1.807) is 24.3 Å². The zero-order valence-corrected chi connectivity index (χ0v) is 35.5. The van der Waals surface area contributed by atoms with Crippen LogP contribution in [-0.4, -0.2) is 90.2 Å². The van der Waals surface area contributed by atoms with Crippen LogP contribution in [0.25, 0.3) is 21.1 Å². The number of carboxylic acids is 2. The lowest BCUT2D eigenvalue weighted by Crippen LogP contribution is -2.42. The second kappa shape index (κ2) is 20.4. The maximum atomic E-state index is 13.4. The second-order valence-corrected chi connectivity index (χ2v) is 17.5. The molecule has 2 aromatic carbocycles. The molecule has 6 aromatic rings. The van der Waals surface area contributed by atoms with Gasteiger partial charge in [0.1, 0.15) is 11.9 Å². The minimum absolute atomic E-state index is 0.00724. The van der Waals surface area contributed by atoms with Gasteiger partial charge in [-0.3, -0.25) is 14.2 Å². The number of phenolic OH excluding ortho intramolecular Hbond substituents is 1. The average molecular weight is 891 g/mol. The molecule has 4 aromatic heterocycles. The summed E-state index contributed by atoms with van der Waals surface area (Å²) in [7, 11) is 2.11. The Morgan fingerprint density at radius 3 is 2.26 bits per heavy atom. The molecule has 4 heterocycles. The number of H-pyrrole nitrogens is 1. The van der Waals surface area contributed by atoms with E-state index >= 15 is 0 Å². The lowest BCUT2D eigenvalue weighted by Gasteiger charge is -2.35. The van der Waals surface area contributed by atoms with E-state index in [0.717, 1.165) is 54.4 Å². The number of thiazole rings is 1. The van der Waals surface area contributed by atoms with Crippen LogP contribution >= 0.6 is 34.0 Å². The highest BCUT2D eigenvalue weighted by molar-refractivity contribution is 7.16. The van der Waals surface area contributed by atoms with E-state index in [9.17, 15) is 39.3 Å². The Morgan fingerprint density at radius 1 is 0.967 bits per heavy atom. The van der Waals surface area contributed by atoms with Gasteiger partial charge in [0.25, 0.3) is 0 Å². The molecule has 7 N–H and O–H groups in total. The summed E-state index contributed by atoms with van der Waals surface area (Å²) < 4.78 is 8.69. The van der Waals surface area contributed by atoms with Crippen molar-refractivity contribution in [2.45, 2.75) is 69.0 Å². The Labute approximate surface area is 361 Å². The van der Waals surface area contributed by atoms with Gasteiger partial charge in [0.2, 0.25) is 11.2 Å². The van der Waals surface area contributed by atoms with Crippen molar-refractivity contribution in [1.82, 2.24) is 19.8 Å².